The van der Waals surface area contributed by atoms with Crippen molar-refractivity contribution >= 4 is 0 Å². The summed E-state index contributed by atoms with van der Waals surface area (Å²) in [7, 11) is 0. The molecule has 3 saturated carbocycles. The number of alkyl halides is 6. The summed E-state index contributed by atoms with van der Waals surface area (Å²) >= 11 is 0. The van der Waals surface area contributed by atoms with Crippen LogP contribution in [0.25, 0.3) is 0 Å². The van der Waals surface area contributed by atoms with Gasteiger partial charge in [-0.2, -0.15) is 17.6 Å². The lowest BCUT2D eigenvalue weighted by Crippen LogP contribution is -2.36. The van der Waals surface area contributed by atoms with Gasteiger partial charge in [0.05, 0.1) is 0 Å². The van der Waals surface area contributed by atoms with Gasteiger partial charge in [0.1, 0.15) is 0 Å². The second kappa shape index (κ2) is 13.0. The molecule has 0 bridgehead atoms. The molecule has 1 aromatic carbocycles. The molecule has 0 radical (unpaired) electrons. The van der Waals surface area contributed by atoms with Gasteiger partial charge in [-0.3, -0.25) is 0 Å². The maximum absolute atomic E-state index is 15.1. The molecule has 0 unspecified atom stereocenters. The van der Waals surface area contributed by atoms with E-state index in [1.54, 1.807) is 0 Å². The molecule has 0 spiro atoms. The number of ether oxygens (including phenoxy) is 1. The van der Waals surface area contributed by atoms with Crippen molar-refractivity contribution in [3.63, 3.8) is 0 Å². The molecule has 0 amide bonds. The summed E-state index contributed by atoms with van der Waals surface area (Å²) in [6.07, 6.45) is 5.82. The highest BCUT2D eigenvalue weighted by Crippen LogP contribution is 2.48. The highest BCUT2D eigenvalue weighted by Gasteiger charge is 2.45. The van der Waals surface area contributed by atoms with Crippen molar-refractivity contribution in [3.05, 3.63) is 29.6 Å². The van der Waals surface area contributed by atoms with Crippen LogP contribution in [0.5, 0.6) is 5.75 Å². The van der Waals surface area contributed by atoms with Crippen LogP contribution in [0.2, 0.25) is 0 Å². The van der Waals surface area contributed by atoms with E-state index in [1.807, 2.05) is 0 Å². The minimum Gasteiger partial charge on any atom is -0.425 e. The van der Waals surface area contributed by atoms with Gasteiger partial charge in [0.15, 0.2) is 11.6 Å². The highest BCUT2D eigenvalue weighted by atomic mass is 19.3. The fourth-order valence-electron chi connectivity index (χ4n) is 7.80. The molecule has 1 aromatic rings. The van der Waals surface area contributed by atoms with E-state index in [-0.39, 0.29) is 5.56 Å². The SMILES string of the molecule is CCCC1CCC(C2CCC(C3CCC(C(F)(F)Cc4ccc(OC(F)(F)C(F)F)c(F)c4)CC3)CC2)CC1. The Balaban J connectivity index is 1.22. The summed E-state index contributed by atoms with van der Waals surface area (Å²) in [5.74, 6) is -2.59. The Hall–Kier alpha value is -1.47. The lowest BCUT2D eigenvalue weighted by Gasteiger charge is -2.42. The van der Waals surface area contributed by atoms with Crippen LogP contribution < -0.4 is 4.74 Å². The average molecular weight is 565 g/mol. The van der Waals surface area contributed by atoms with E-state index in [4.69, 9.17) is 0 Å². The summed E-state index contributed by atoms with van der Waals surface area (Å²) in [4.78, 5) is 0. The van der Waals surface area contributed by atoms with Gasteiger partial charge in [-0.1, -0.05) is 38.7 Å². The standard InChI is InChI=1S/C31H43F7O/c1-2-3-20-4-7-22(8-5-20)23-9-11-24(12-10-23)25-13-15-26(16-14-25)30(35,36)19-21-6-17-28(27(32)18-21)39-31(37,38)29(33)34/h6,17-18,20,22-26,29H,2-5,7-16,19H2,1H3. The molecular weight excluding hydrogens is 521 g/mol. The molecule has 3 fully saturated rings. The summed E-state index contributed by atoms with van der Waals surface area (Å²) in [6.45, 7) is 2.27. The lowest BCUT2D eigenvalue weighted by molar-refractivity contribution is -0.254. The zero-order valence-electron chi connectivity index (χ0n) is 22.9. The van der Waals surface area contributed by atoms with E-state index >= 15 is 8.78 Å². The summed E-state index contributed by atoms with van der Waals surface area (Å²) in [5, 5.41) is 0. The number of benzene rings is 1. The van der Waals surface area contributed by atoms with Crippen molar-refractivity contribution in [3.8, 4) is 5.75 Å². The smallest absolute Gasteiger partial charge is 0.425 e. The molecular formula is C31H43F7O. The summed E-state index contributed by atoms with van der Waals surface area (Å²) in [6, 6.07) is 2.42. The van der Waals surface area contributed by atoms with E-state index in [9.17, 15) is 22.0 Å². The van der Waals surface area contributed by atoms with E-state index in [1.165, 1.54) is 64.2 Å². The first-order valence-corrected chi connectivity index (χ1v) is 15.0. The third kappa shape index (κ3) is 7.84. The molecule has 3 aliphatic carbocycles. The molecule has 0 N–H and O–H groups in total. The van der Waals surface area contributed by atoms with Gasteiger partial charge >= 0.3 is 12.5 Å². The quantitative estimate of drug-likeness (QED) is 0.257. The number of rotatable bonds is 10. The zero-order valence-corrected chi connectivity index (χ0v) is 22.9. The van der Waals surface area contributed by atoms with Gasteiger partial charge < -0.3 is 4.74 Å². The maximum Gasteiger partial charge on any atom is 0.461 e. The van der Waals surface area contributed by atoms with Crippen molar-refractivity contribution in [2.75, 3.05) is 0 Å². The molecule has 222 valence electrons. The van der Waals surface area contributed by atoms with Crippen molar-refractivity contribution in [2.24, 2.45) is 35.5 Å². The fraction of sp³-hybridized carbons (Fsp3) is 0.806. The number of hydrogen-bond acceptors (Lipinski definition) is 1. The van der Waals surface area contributed by atoms with Gasteiger partial charge in [0.25, 0.3) is 5.92 Å². The molecule has 4 rings (SSSR count). The summed E-state index contributed by atoms with van der Waals surface area (Å²) in [5.41, 5.74) is -0.0746. The predicted molar refractivity (Wildman–Crippen MR) is 138 cm³/mol. The Kier molecular flexibility index (Phi) is 10.2. The lowest BCUT2D eigenvalue weighted by atomic mass is 9.64. The molecule has 1 nitrogen and oxygen atoms in total. The Morgan fingerprint density at radius 1 is 0.769 bits per heavy atom. The Bertz CT molecular complexity index is 896. The van der Waals surface area contributed by atoms with Gasteiger partial charge in [-0.15, -0.1) is 0 Å². The van der Waals surface area contributed by atoms with Crippen molar-refractivity contribution < 1.29 is 35.5 Å². The normalized spacial score (nSPS) is 30.9. The average Bonchev–Trinajstić information content (AvgIpc) is 2.91. The van der Waals surface area contributed by atoms with Crippen LogP contribution in [-0.4, -0.2) is 18.5 Å². The van der Waals surface area contributed by atoms with Gasteiger partial charge in [-0.05, 0) is 111 Å². The molecule has 3 aliphatic rings. The van der Waals surface area contributed by atoms with E-state index < -0.39 is 42.4 Å². The Morgan fingerprint density at radius 3 is 1.72 bits per heavy atom. The second-order valence-electron chi connectivity index (χ2n) is 12.5. The van der Waals surface area contributed by atoms with Crippen LogP contribution in [-0.2, 0) is 6.42 Å². The van der Waals surface area contributed by atoms with Crippen molar-refractivity contribution in [2.45, 2.75) is 122 Å². The predicted octanol–water partition coefficient (Wildman–Crippen LogP) is 10.5. The largest absolute Gasteiger partial charge is 0.461 e. The number of hydrogen-bond donors (Lipinski definition) is 0. The third-order valence-corrected chi connectivity index (χ3v) is 10.0. The molecule has 39 heavy (non-hydrogen) atoms. The van der Waals surface area contributed by atoms with Crippen LogP contribution in [0.4, 0.5) is 30.7 Å². The first-order chi connectivity index (χ1) is 18.5. The summed E-state index contributed by atoms with van der Waals surface area (Å²) < 4.78 is 99.0. The first-order valence-electron chi connectivity index (χ1n) is 15.0. The van der Waals surface area contributed by atoms with Crippen molar-refractivity contribution in [1.29, 1.82) is 0 Å². The molecule has 8 heteroatoms. The fourth-order valence-corrected chi connectivity index (χ4v) is 7.80. The second-order valence-corrected chi connectivity index (χ2v) is 12.5. The van der Waals surface area contributed by atoms with Crippen LogP contribution in [0.3, 0.4) is 0 Å². The van der Waals surface area contributed by atoms with Crippen LogP contribution in [0, 0.1) is 41.3 Å². The van der Waals surface area contributed by atoms with Crippen LogP contribution in [0.1, 0.15) is 102 Å². The first kappa shape index (κ1) is 30.5. The van der Waals surface area contributed by atoms with E-state index in [2.05, 4.69) is 11.7 Å². The van der Waals surface area contributed by atoms with Crippen LogP contribution >= 0.6 is 0 Å². The maximum atomic E-state index is 15.1. The van der Waals surface area contributed by atoms with Gasteiger partial charge in [0, 0.05) is 12.3 Å². The van der Waals surface area contributed by atoms with Crippen molar-refractivity contribution in [1.82, 2.24) is 0 Å². The third-order valence-electron chi connectivity index (χ3n) is 10.0. The molecule has 0 aromatic heterocycles. The van der Waals surface area contributed by atoms with E-state index in [0.29, 0.717) is 36.8 Å². The van der Waals surface area contributed by atoms with Gasteiger partial charge in [-0.25, -0.2) is 13.2 Å². The minimum absolute atomic E-state index is 0.0746. The zero-order chi connectivity index (χ0) is 28.2. The van der Waals surface area contributed by atoms with Crippen LogP contribution in [0.15, 0.2) is 18.2 Å². The Morgan fingerprint density at radius 2 is 1.26 bits per heavy atom. The molecule has 0 saturated heterocycles. The number of halogens is 7. The molecule has 0 heterocycles. The highest BCUT2D eigenvalue weighted by molar-refractivity contribution is 5.30. The minimum atomic E-state index is -4.86. The Labute approximate surface area is 228 Å². The topological polar surface area (TPSA) is 9.23 Å². The molecule has 0 aliphatic heterocycles. The van der Waals surface area contributed by atoms with Gasteiger partial charge in [0.2, 0.25) is 0 Å². The monoisotopic (exact) mass is 564 g/mol. The van der Waals surface area contributed by atoms with E-state index in [0.717, 1.165) is 36.7 Å². The molecule has 0 atom stereocenters.